The number of halogens is 1. The molecule has 0 atom stereocenters. The van der Waals surface area contributed by atoms with Gasteiger partial charge in [-0.1, -0.05) is 0 Å². The van der Waals surface area contributed by atoms with E-state index in [0.29, 0.717) is 27.1 Å². The predicted molar refractivity (Wildman–Crippen MR) is 115 cm³/mol. The highest BCUT2D eigenvalue weighted by molar-refractivity contribution is 9.10. The van der Waals surface area contributed by atoms with Gasteiger partial charge >= 0.3 is 0 Å². The average molecular weight is 481 g/mol. The molecule has 1 aliphatic rings. The van der Waals surface area contributed by atoms with E-state index in [4.69, 9.17) is 0 Å². The molecule has 3 N–H and O–H groups in total. The summed E-state index contributed by atoms with van der Waals surface area (Å²) in [5, 5.41) is 11.0. The van der Waals surface area contributed by atoms with Crippen LogP contribution in [-0.2, 0) is 10.0 Å². The maximum atomic E-state index is 12.4. The van der Waals surface area contributed by atoms with E-state index in [1.807, 2.05) is 6.07 Å². The lowest BCUT2D eigenvalue weighted by molar-refractivity contribution is 0.313. The highest BCUT2D eigenvalue weighted by Gasteiger charge is 2.21. The van der Waals surface area contributed by atoms with Crippen molar-refractivity contribution < 1.29 is 8.42 Å². The predicted octanol–water partition coefficient (Wildman–Crippen LogP) is 1.52. The van der Waals surface area contributed by atoms with Crippen LogP contribution in [0.5, 0.6) is 0 Å². The molecule has 0 spiro atoms. The zero-order valence-electron chi connectivity index (χ0n) is 16.0. The van der Waals surface area contributed by atoms with Gasteiger partial charge in [-0.2, -0.15) is 5.10 Å². The SMILES string of the molecule is CNS(=O)(=O)c1ccc(N2CCN(C)CC2)c(Nc2ncnc3n[nH]c(Br)c23)c1. The molecule has 29 heavy (non-hydrogen) atoms. The fraction of sp³-hybridized carbons (Fsp3) is 0.353. The number of piperazine rings is 1. The van der Waals surface area contributed by atoms with Gasteiger partial charge in [0.15, 0.2) is 5.65 Å². The number of nitrogens with one attached hydrogen (secondary N) is 3. The third kappa shape index (κ3) is 3.92. The summed E-state index contributed by atoms with van der Waals surface area (Å²) in [7, 11) is -0.0997. The maximum absolute atomic E-state index is 12.4. The first-order chi connectivity index (χ1) is 13.9. The van der Waals surface area contributed by atoms with Gasteiger partial charge in [-0.3, -0.25) is 5.10 Å². The number of fused-ring (bicyclic) bond motifs is 1. The minimum Gasteiger partial charge on any atom is -0.367 e. The summed E-state index contributed by atoms with van der Waals surface area (Å²) in [6.07, 6.45) is 1.42. The van der Waals surface area contributed by atoms with E-state index in [1.54, 1.807) is 12.1 Å². The lowest BCUT2D eigenvalue weighted by Crippen LogP contribution is -2.44. The minimum absolute atomic E-state index is 0.178. The second-order valence-electron chi connectivity index (χ2n) is 6.76. The Kier molecular flexibility index (Phi) is 5.42. The molecule has 3 aromatic rings. The molecule has 0 saturated carbocycles. The van der Waals surface area contributed by atoms with E-state index < -0.39 is 10.0 Å². The molecule has 0 bridgehead atoms. The lowest BCUT2D eigenvalue weighted by Gasteiger charge is -2.35. The Balaban J connectivity index is 1.80. The second kappa shape index (κ2) is 7.86. The van der Waals surface area contributed by atoms with Crippen LogP contribution in [0.25, 0.3) is 11.0 Å². The van der Waals surface area contributed by atoms with Gasteiger partial charge in [-0.15, -0.1) is 0 Å². The first-order valence-corrected chi connectivity index (χ1v) is 11.3. The smallest absolute Gasteiger partial charge is 0.240 e. The van der Waals surface area contributed by atoms with Crippen molar-refractivity contribution in [2.45, 2.75) is 4.90 Å². The third-order valence-corrected chi connectivity index (χ3v) is 6.94. The number of aromatic nitrogens is 4. The van der Waals surface area contributed by atoms with Crippen molar-refractivity contribution in [3.8, 4) is 0 Å². The molecule has 0 radical (unpaired) electrons. The molecule has 1 fully saturated rings. The van der Waals surface area contributed by atoms with Crippen molar-refractivity contribution in [1.29, 1.82) is 0 Å². The van der Waals surface area contributed by atoms with Gasteiger partial charge in [-0.25, -0.2) is 23.1 Å². The molecule has 10 nitrogen and oxygen atoms in total. The van der Waals surface area contributed by atoms with Crippen molar-refractivity contribution in [3.05, 3.63) is 29.1 Å². The molecule has 0 unspecified atom stereocenters. The molecule has 4 rings (SSSR count). The first-order valence-electron chi connectivity index (χ1n) is 9.02. The van der Waals surface area contributed by atoms with Gasteiger partial charge in [0.05, 0.1) is 21.7 Å². The van der Waals surface area contributed by atoms with Crippen molar-refractivity contribution in [1.82, 2.24) is 29.8 Å². The van der Waals surface area contributed by atoms with Gasteiger partial charge in [0, 0.05) is 26.2 Å². The summed E-state index contributed by atoms with van der Waals surface area (Å²) in [4.78, 5) is 13.2. The summed E-state index contributed by atoms with van der Waals surface area (Å²) in [6, 6.07) is 5.08. The Morgan fingerprint density at radius 3 is 2.66 bits per heavy atom. The number of benzene rings is 1. The van der Waals surface area contributed by atoms with E-state index in [2.05, 4.69) is 63.0 Å². The van der Waals surface area contributed by atoms with Gasteiger partial charge < -0.3 is 15.1 Å². The number of anilines is 3. The van der Waals surface area contributed by atoms with Crippen LogP contribution in [0.15, 0.2) is 34.0 Å². The van der Waals surface area contributed by atoms with E-state index >= 15 is 0 Å². The van der Waals surface area contributed by atoms with E-state index in [1.165, 1.54) is 13.4 Å². The Morgan fingerprint density at radius 2 is 1.93 bits per heavy atom. The number of hydrogen-bond acceptors (Lipinski definition) is 8. The number of rotatable bonds is 5. The summed E-state index contributed by atoms with van der Waals surface area (Å²) in [6.45, 7) is 3.55. The molecule has 0 amide bonds. The van der Waals surface area contributed by atoms with Crippen molar-refractivity contribution >= 4 is 54.2 Å². The number of nitrogens with zero attached hydrogens (tertiary/aromatic N) is 5. The molecule has 0 aliphatic carbocycles. The first kappa shape index (κ1) is 20.0. The summed E-state index contributed by atoms with van der Waals surface area (Å²) in [5.41, 5.74) is 2.08. The summed E-state index contributed by atoms with van der Waals surface area (Å²) in [5.74, 6) is 0.532. The Hall–Kier alpha value is -2.28. The van der Waals surface area contributed by atoms with Crippen molar-refractivity contribution in [2.75, 3.05) is 50.5 Å². The van der Waals surface area contributed by atoms with Crippen LogP contribution >= 0.6 is 15.9 Å². The van der Waals surface area contributed by atoms with Crippen LogP contribution in [0.3, 0.4) is 0 Å². The van der Waals surface area contributed by atoms with Crippen LogP contribution in [0.4, 0.5) is 17.2 Å². The highest BCUT2D eigenvalue weighted by atomic mass is 79.9. The fourth-order valence-corrected chi connectivity index (χ4v) is 4.48. The Labute approximate surface area is 176 Å². The van der Waals surface area contributed by atoms with Gasteiger partial charge in [0.1, 0.15) is 16.7 Å². The van der Waals surface area contributed by atoms with E-state index in [9.17, 15) is 8.42 Å². The number of aromatic amines is 1. The maximum Gasteiger partial charge on any atom is 0.240 e. The number of hydrogen-bond donors (Lipinski definition) is 3. The standard InChI is InChI=1S/C17H21BrN8O2S/c1-19-29(27,28)11-3-4-13(26-7-5-25(2)6-8-26)12(9-11)22-16-14-15(18)23-24-17(14)21-10-20-16/h3-4,9-10,19H,5-8H2,1-2H3,(H2,20,21,22,23,24). The van der Waals surface area contributed by atoms with E-state index in [-0.39, 0.29) is 4.90 Å². The number of H-pyrrole nitrogens is 1. The zero-order chi connectivity index (χ0) is 20.6. The van der Waals surface area contributed by atoms with E-state index in [0.717, 1.165) is 31.9 Å². The van der Waals surface area contributed by atoms with Crippen LogP contribution < -0.4 is 14.9 Å². The van der Waals surface area contributed by atoms with Gasteiger partial charge in [-0.05, 0) is 48.2 Å². The minimum atomic E-state index is -3.59. The van der Waals surface area contributed by atoms with Crippen LogP contribution in [-0.4, -0.2) is 73.8 Å². The monoisotopic (exact) mass is 480 g/mol. The number of likely N-dealkylation sites (N-methyl/N-ethyl adjacent to an activating group) is 1. The normalized spacial score (nSPS) is 15.8. The molecule has 12 heteroatoms. The molecular formula is C17H21BrN8O2S. The highest BCUT2D eigenvalue weighted by Crippen LogP contribution is 2.34. The molecule has 1 saturated heterocycles. The zero-order valence-corrected chi connectivity index (χ0v) is 18.4. The second-order valence-corrected chi connectivity index (χ2v) is 9.44. The van der Waals surface area contributed by atoms with Gasteiger partial charge in [0.2, 0.25) is 10.0 Å². The molecule has 154 valence electrons. The molecule has 2 aromatic heterocycles. The molecule has 1 aliphatic heterocycles. The lowest BCUT2D eigenvalue weighted by atomic mass is 10.2. The summed E-state index contributed by atoms with van der Waals surface area (Å²) < 4.78 is 27.7. The van der Waals surface area contributed by atoms with Crippen molar-refractivity contribution in [3.63, 3.8) is 0 Å². The fourth-order valence-electron chi connectivity index (χ4n) is 3.27. The largest absolute Gasteiger partial charge is 0.367 e. The van der Waals surface area contributed by atoms with Gasteiger partial charge in [0.25, 0.3) is 0 Å². The Bertz CT molecular complexity index is 1140. The Morgan fingerprint density at radius 1 is 1.17 bits per heavy atom. The van der Waals surface area contributed by atoms with Crippen LogP contribution in [0.1, 0.15) is 0 Å². The van der Waals surface area contributed by atoms with Crippen molar-refractivity contribution in [2.24, 2.45) is 0 Å². The third-order valence-electron chi connectivity index (χ3n) is 4.95. The van der Waals surface area contributed by atoms with Crippen LogP contribution in [0, 0.1) is 0 Å². The molecule has 1 aromatic carbocycles. The molecular weight excluding hydrogens is 460 g/mol. The average Bonchev–Trinajstić information content (AvgIpc) is 3.11. The topological polar surface area (TPSA) is 119 Å². The quantitative estimate of drug-likeness (QED) is 0.502. The summed E-state index contributed by atoms with van der Waals surface area (Å²) >= 11 is 3.43. The molecule has 3 heterocycles. The van der Waals surface area contributed by atoms with Crippen LogP contribution in [0.2, 0.25) is 0 Å². The number of sulfonamides is 1.